The molecule has 0 aromatic heterocycles. The monoisotopic (exact) mass is 350 g/mol. The lowest BCUT2D eigenvalue weighted by molar-refractivity contribution is -0.145. The van der Waals surface area contributed by atoms with Crippen LogP contribution in [-0.4, -0.2) is 45.7 Å². The van der Waals surface area contributed by atoms with E-state index in [4.69, 9.17) is 5.11 Å². The summed E-state index contributed by atoms with van der Waals surface area (Å²) in [4.78, 5) is 11.3. The predicted molar refractivity (Wildman–Crippen MR) is 95.8 cm³/mol. The second-order valence-corrected chi connectivity index (χ2v) is 7.96. The van der Waals surface area contributed by atoms with Crippen LogP contribution < -0.4 is 0 Å². The van der Waals surface area contributed by atoms with E-state index in [2.05, 4.69) is 13.5 Å². The van der Waals surface area contributed by atoms with Gasteiger partial charge in [0.2, 0.25) is 0 Å². The van der Waals surface area contributed by atoms with E-state index < -0.39 is 17.5 Å². The molecule has 0 spiro atoms. The zero-order valence-electron chi connectivity index (χ0n) is 15.1. The Kier molecular flexibility index (Phi) is 5.92. The predicted octanol–water partition coefficient (Wildman–Crippen LogP) is 2.29. The Morgan fingerprint density at radius 2 is 2.00 bits per heavy atom. The molecule has 0 aliphatic heterocycles. The summed E-state index contributed by atoms with van der Waals surface area (Å²) in [5.41, 5.74) is 0.365. The van der Waals surface area contributed by atoms with Crippen LogP contribution in [0.5, 0.6) is 0 Å². The van der Waals surface area contributed by atoms with Crippen molar-refractivity contribution in [3.05, 3.63) is 36.0 Å². The number of carboxylic acids is 1. The van der Waals surface area contributed by atoms with Crippen LogP contribution in [0.4, 0.5) is 0 Å². The number of rotatable bonds is 5. The normalized spacial score (nSPS) is 39.5. The van der Waals surface area contributed by atoms with Crippen LogP contribution in [-0.2, 0) is 4.79 Å². The molecule has 2 aliphatic rings. The van der Waals surface area contributed by atoms with Gasteiger partial charge in [-0.3, -0.25) is 0 Å². The third-order valence-electron chi connectivity index (χ3n) is 6.58. The van der Waals surface area contributed by atoms with E-state index in [9.17, 15) is 20.1 Å². The quantitative estimate of drug-likeness (QED) is 0.346. The number of hydrogen-bond acceptors (Lipinski definition) is 4. The van der Waals surface area contributed by atoms with Crippen LogP contribution >= 0.6 is 0 Å². The highest BCUT2D eigenvalue weighted by Gasteiger charge is 2.57. The summed E-state index contributed by atoms with van der Waals surface area (Å²) in [7, 11) is 0. The Labute approximate surface area is 149 Å². The number of carboxylic acid groups (broad SMARTS) is 1. The summed E-state index contributed by atoms with van der Waals surface area (Å²) in [6.45, 7) is 7.91. The first-order chi connectivity index (χ1) is 11.7. The Morgan fingerprint density at radius 1 is 1.32 bits per heavy atom. The first-order valence-corrected chi connectivity index (χ1v) is 8.89. The molecular weight excluding hydrogens is 320 g/mol. The van der Waals surface area contributed by atoms with Crippen LogP contribution in [0.25, 0.3) is 0 Å². The van der Waals surface area contributed by atoms with Crippen molar-refractivity contribution in [1.29, 1.82) is 0 Å². The molecule has 2 saturated carbocycles. The molecule has 2 aliphatic carbocycles. The van der Waals surface area contributed by atoms with Gasteiger partial charge >= 0.3 is 5.97 Å². The van der Waals surface area contributed by atoms with Crippen molar-refractivity contribution in [2.75, 3.05) is 13.2 Å². The SMILES string of the molecule is C=C1CCC2[C@](C)(CO)[C@H](O)CC[C@@]2(C)[C@@H]1/C=C/C(=C\CO)C(=O)O. The maximum atomic E-state index is 11.3. The van der Waals surface area contributed by atoms with Gasteiger partial charge in [0.05, 0.1) is 24.9 Å². The van der Waals surface area contributed by atoms with Gasteiger partial charge in [-0.15, -0.1) is 0 Å². The van der Waals surface area contributed by atoms with Crippen LogP contribution in [0.1, 0.15) is 39.5 Å². The highest BCUT2D eigenvalue weighted by Crippen LogP contribution is 2.61. The van der Waals surface area contributed by atoms with Gasteiger partial charge in [0, 0.05) is 11.3 Å². The van der Waals surface area contributed by atoms with E-state index in [1.54, 1.807) is 6.08 Å². The molecule has 5 atom stereocenters. The minimum Gasteiger partial charge on any atom is -0.478 e. The molecule has 0 heterocycles. The fourth-order valence-corrected chi connectivity index (χ4v) is 5.02. The average molecular weight is 350 g/mol. The largest absolute Gasteiger partial charge is 0.478 e. The topological polar surface area (TPSA) is 98.0 Å². The summed E-state index contributed by atoms with van der Waals surface area (Å²) in [6.07, 6.45) is 7.23. The molecule has 2 fully saturated rings. The van der Waals surface area contributed by atoms with E-state index in [-0.39, 0.29) is 36.0 Å². The summed E-state index contributed by atoms with van der Waals surface area (Å²) < 4.78 is 0. The first-order valence-electron chi connectivity index (χ1n) is 8.89. The highest BCUT2D eigenvalue weighted by molar-refractivity contribution is 5.89. The van der Waals surface area contributed by atoms with Gasteiger partial charge in [-0.1, -0.05) is 38.2 Å². The zero-order chi connectivity index (χ0) is 18.8. The fourth-order valence-electron chi connectivity index (χ4n) is 5.02. The Bertz CT molecular complexity index is 593. The van der Waals surface area contributed by atoms with E-state index in [1.165, 1.54) is 6.08 Å². The standard InChI is InChI=1S/C20H30O5/c1-13-4-7-16-19(2,10-8-17(23)20(16,3)12-22)15(13)6-5-14(9-11-21)18(24)25/h5-6,9,15-17,21-23H,1,4,7-8,10-12H2,2-3H3,(H,24,25)/b6-5+,14-9+/t15-,16?,17-,19+,20+/m1/s1. The second kappa shape index (κ2) is 7.44. The van der Waals surface area contributed by atoms with Gasteiger partial charge in [0.25, 0.3) is 0 Å². The van der Waals surface area contributed by atoms with Crippen LogP contribution in [0.3, 0.4) is 0 Å². The molecule has 0 radical (unpaired) electrons. The second-order valence-electron chi connectivity index (χ2n) is 7.96. The third-order valence-corrected chi connectivity index (χ3v) is 6.58. The van der Waals surface area contributed by atoms with E-state index in [1.807, 2.05) is 13.0 Å². The van der Waals surface area contributed by atoms with Crippen LogP contribution in [0.15, 0.2) is 36.0 Å². The molecule has 0 aromatic carbocycles. The molecule has 5 heteroatoms. The molecule has 0 saturated heterocycles. The lowest BCUT2D eigenvalue weighted by Gasteiger charge is -2.59. The molecule has 140 valence electrons. The maximum Gasteiger partial charge on any atom is 0.335 e. The van der Waals surface area contributed by atoms with Crippen molar-refractivity contribution in [2.45, 2.75) is 45.6 Å². The number of fused-ring (bicyclic) bond motifs is 1. The van der Waals surface area contributed by atoms with E-state index in [0.29, 0.717) is 6.42 Å². The molecule has 0 aromatic rings. The molecule has 4 N–H and O–H groups in total. The zero-order valence-corrected chi connectivity index (χ0v) is 15.1. The lowest BCUT2D eigenvalue weighted by atomic mass is 9.46. The number of aliphatic carboxylic acids is 1. The van der Waals surface area contributed by atoms with Gasteiger partial charge in [0.15, 0.2) is 0 Å². The third kappa shape index (κ3) is 3.46. The minimum atomic E-state index is -1.08. The summed E-state index contributed by atoms with van der Waals surface area (Å²) >= 11 is 0. The van der Waals surface area contributed by atoms with Crippen LogP contribution in [0, 0.1) is 22.7 Å². The number of hydrogen-bond donors (Lipinski definition) is 4. The van der Waals surface area contributed by atoms with Crippen molar-refractivity contribution in [3.63, 3.8) is 0 Å². The summed E-state index contributed by atoms with van der Waals surface area (Å²) in [6, 6.07) is 0. The fraction of sp³-hybridized carbons (Fsp3) is 0.650. The lowest BCUT2D eigenvalue weighted by Crippen LogP contribution is -2.57. The number of carbonyl (C=O) groups is 1. The molecule has 0 amide bonds. The van der Waals surface area contributed by atoms with Gasteiger partial charge in [0.1, 0.15) is 0 Å². The molecular formula is C20H30O5. The van der Waals surface area contributed by atoms with Gasteiger partial charge in [-0.2, -0.15) is 0 Å². The maximum absolute atomic E-state index is 11.3. The van der Waals surface area contributed by atoms with Crippen LogP contribution in [0.2, 0.25) is 0 Å². The Hall–Kier alpha value is -1.43. The van der Waals surface area contributed by atoms with Crippen molar-refractivity contribution < 1.29 is 25.2 Å². The first kappa shape index (κ1) is 19.9. The van der Waals surface area contributed by atoms with Gasteiger partial charge in [-0.05, 0) is 43.1 Å². The van der Waals surface area contributed by atoms with Crippen molar-refractivity contribution in [3.8, 4) is 0 Å². The van der Waals surface area contributed by atoms with Gasteiger partial charge in [-0.25, -0.2) is 4.79 Å². The molecule has 0 bridgehead atoms. The number of allylic oxidation sites excluding steroid dienone is 2. The number of aliphatic hydroxyl groups is 3. The smallest absolute Gasteiger partial charge is 0.335 e. The summed E-state index contributed by atoms with van der Waals surface area (Å²) in [5, 5.41) is 38.7. The van der Waals surface area contributed by atoms with E-state index in [0.717, 1.165) is 24.8 Å². The van der Waals surface area contributed by atoms with Crippen molar-refractivity contribution in [1.82, 2.24) is 0 Å². The minimum absolute atomic E-state index is 0.0222. The van der Waals surface area contributed by atoms with Crippen molar-refractivity contribution >= 4 is 5.97 Å². The molecule has 5 nitrogen and oxygen atoms in total. The summed E-state index contributed by atoms with van der Waals surface area (Å²) in [5.74, 6) is -0.970. The molecule has 1 unspecified atom stereocenters. The average Bonchev–Trinajstić information content (AvgIpc) is 2.56. The number of aliphatic hydroxyl groups excluding tert-OH is 3. The van der Waals surface area contributed by atoms with E-state index >= 15 is 0 Å². The Balaban J connectivity index is 2.39. The Morgan fingerprint density at radius 3 is 2.56 bits per heavy atom. The highest BCUT2D eigenvalue weighted by atomic mass is 16.4. The van der Waals surface area contributed by atoms with Crippen molar-refractivity contribution in [2.24, 2.45) is 22.7 Å². The van der Waals surface area contributed by atoms with Gasteiger partial charge < -0.3 is 20.4 Å². The molecule has 25 heavy (non-hydrogen) atoms. The molecule has 2 rings (SSSR count).